The minimum atomic E-state index is -1.06. The highest BCUT2D eigenvalue weighted by molar-refractivity contribution is 7.99. The lowest BCUT2D eigenvalue weighted by atomic mass is 10.1. The lowest BCUT2D eigenvalue weighted by Crippen LogP contribution is -2.01. The number of furan rings is 1. The van der Waals surface area contributed by atoms with Crippen molar-refractivity contribution >= 4 is 17.7 Å². The van der Waals surface area contributed by atoms with Crippen LogP contribution in [0.15, 0.2) is 16.7 Å². The molecule has 7 heteroatoms. The van der Waals surface area contributed by atoms with Crippen molar-refractivity contribution in [3.8, 4) is 0 Å². The molecule has 0 bridgehead atoms. The maximum Gasteiger partial charge on any atom is 0.371 e. The summed E-state index contributed by atoms with van der Waals surface area (Å²) < 4.78 is 6.91. The minimum absolute atomic E-state index is 0.0458. The van der Waals surface area contributed by atoms with Gasteiger partial charge < -0.3 is 9.52 Å². The molecule has 1 unspecified atom stereocenters. The number of rotatable bonds is 7. The number of hydrogen-bond donors (Lipinski definition) is 1. The molecular formula is C14H19N3O3S. The Morgan fingerprint density at radius 2 is 2.33 bits per heavy atom. The Balaban J connectivity index is 2.07. The Bertz CT molecular complexity index is 621. The molecule has 0 amide bonds. The van der Waals surface area contributed by atoms with Crippen LogP contribution in [0.25, 0.3) is 0 Å². The highest BCUT2D eigenvalue weighted by Gasteiger charge is 2.15. The fraction of sp³-hybridized carbons (Fsp3) is 0.500. The van der Waals surface area contributed by atoms with E-state index < -0.39 is 5.97 Å². The third-order valence-electron chi connectivity index (χ3n) is 3.20. The number of hydrogen-bond acceptors (Lipinski definition) is 5. The number of carboxylic acids is 1. The Morgan fingerprint density at radius 1 is 1.57 bits per heavy atom. The van der Waals surface area contributed by atoms with Crippen LogP contribution in [0.1, 0.15) is 47.3 Å². The van der Waals surface area contributed by atoms with E-state index in [0.717, 1.165) is 22.8 Å². The normalized spacial score (nSPS) is 12.5. The number of aromatic carboxylic acids is 1. The standard InChI is InChI=1S/C14H19N3O3S/c1-4-21-8-9(2)12-7-17(16-15-12)6-11-5-13(14(18)19)20-10(11)3/h5,7,9H,4,6,8H2,1-3H3,(H,18,19). The molecule has 2 heterocycles. The number of aryl methyl sites for hydroxylation is 1. The van der Waals surface area contributed by atoms with Crippen molar-refractivity contribution in [1.82, 2.24) is 15.0 Å². The summed E-state index contributed by atoms with van der Waals surface area (Å²) in [6.07, 6.45) is 1.91. The molecule has 0 fully saturated rings. The zero-order valence-corrected chi connectivity index (χ0v) is 13.2. The van der Waals surface area contributed by atoms with Gasteiger partial charge in [-0.2, -0.15) is 11.8 Å². The predicted octanol–water partition coefficient (Wildman–Crippen LogP) is 2.78. The van der Waals surface area contributed by atoms with Crippen LogP contribution in [0, 0.1) is 6.92 Å². The third-order valence-corrected chi connectivity index (χ3v) is 4.34. The van der Waals surface area contributed by atoms with Gasteiger partial charge in [0.25, 0.3) is 0 Å². The van der Waals surface area contributed by atoms with Gasteiger partial charge in [0.15, 0.2) is 0 Å². The van der Waals surface area contributed by atoms with Crippen molar-refractivity contribution in [2.45, 2.75) is 33.2 Å². The molecule has 114 valence electrons. The van der Waals surface area contributed by atoms with Crippen LogP contribution in [-0.4, -0.2) is 37.6 Å². The van der Waals surface area contributed by atoms with E-state index in [4.69, 9.17) is 9.52 Å². The van der Waals surface area contributed by atoms with Crippen LogP contribution in [0.2, 0.25) is 0 Å². The zero-order chi connectivity index (χ0) is 15.4. The first-order valence-electron chi connectivity index (χ1n) is 6.81. The van der Waals surface area contributed by atoms with Crippen LogP contribution in [-0.2, 0) is 6.54 Å². The third kappa shape index (κ3) is 3.87. The highest BCUT2D eigenvalue weighted by atomic mass is 32.2. The fourth-order valence-corrected chi connectivity index (χ4v) is 2.71. The lowest BCUT2D eigenvalue weighted by molar-refractivity contribution is 0.0661. The van der Waals surface area contributed by atoms with Gasteiger partial charge in [0.2, 0.25) is 5.76 Å². The van der Waals surface area contributed by atoms with E-state index in [1.807, 2.05) is 18.0 Å². The average Bonchev–Trinajstić information content (AvgIpc) is 3.04. The quantitative estimate of drug-likeness (QED) is 0.847. The molecule has 0 saturated carbocycles. The van der Waals surface area contributed by atoms with E-state index in [9.17, 15) is 4.79 Å². The van der Waals surface area contributed by atoms with E-state index in [-0.39, 0.29) is 5.76 Å². The Labute approximate surface area is 127 Å². The van der Waals surface area contributed by atoms with Crippen LogP contribution in [0.5, 0.6) is 0 Å². The molecule has 0 spiro atoms. The van der Waals surface area contributed by atoms with Gasteiger partial charge >= 0.3 is 5.97 Å². The van der Waals surface area contributed by atoms with Crippen molar-refractivity contribution in [2.75, 3.05) is 11.5 Å². The summed E-state index contributed by atoms with van der Waals surface area (Å²) in [6.45, 7) is 6.47. The molecular weight excluding hydrogens is 290 g/mol. The van der Waals surface area contributed by atoms with E-state index in [0.29, 0.717) is 18.2 Å². The Hall–Kier alpha value is -1.76. The summed E-state index contributed by atoms with van der Waals surface area (Å²) in [6, 6.07) is 1.54. The van der Waals surface area contributed by atoms with Crippen LogP contribution >= 0.6 is 11.8 Å². The first-order chi connectivity index (χ1) is 10.0. The van der Waals surface area contributed by atoms with Crippen LogP contribution in [0.3, 0.4) is 0 Å². The van der Waals surface area contributed by atoms with Gasteiger partial charge in [0, 0.05) is 23.4 Å². The summed E-state index contributed by atoms with van der Waals surface area (Å²) in [7, 11) is 0. The van der Waals surface area contributed by atoms with Gasteiger partial charge in [0.05, 0.1) is 12.2 Å². The molecule has 0 aliphatic carbocycles. The predicted molar refractivity (Wildman–Crippen MR) is 80.9 cm³/mol. The van der Waals surface area contributed by atoms with Crippen molar-refractivity contribution in [2.24, 2.45) is 0 Å². The SMILES string of the molecule is CCSCC(C)c1cn(Cc2cc(C(=O)O)oc2C)nn1. The van der Waals surface area contributed by atoms with Gasteiger partial charge in [-0.3, -0.25) is 0 Å². The zero-order valence-electron chi connectivity index (χ0n) is 12.4. The van der Waals surface area contributed by atoms with E-state index in [1.165, 1.54) is 6.07 Å². The summed E-state index contributed by atoms with van der Waals surface area (Å²) in [5.41, 5.74) is 1.76. The molecule has 6 nitrogen and oxygen atoms in total. The number of carboxylic acid groups (broad SMARTS) is 1. The number of thioether (sulfide) groups is 1. The Morgan fingerprint density at radius 3 is 2.95 bits per heavy atom. The maximum atomic E-state index is 10.9. The van der Waals surface area contributed by atoms with Gasteiger partial charge in [-0.25, -0.2) is 9.48 Å². The van der Waals surface area contributed by atoms with Crippen LogP contribution in [0.4, 0.5) is 0 Å². The van der Waals surface area contributed by atoms with E-state index in [1.54, 1.807) is 11.6 Å². The van der Waals surface area contributed by atoms with Crippen molar-refractivity contribution in [1.29, 1.82) is 0 Å². The first kappa shape index (κ1) is 15.6. The smallest absolute Gasteiger partial charge is 0.371 e. The summed E-state index contributed by atoms with van der Waals surface area (Å²) in [4.78, 5) is 10.9. The van der Waals surface area contributed by atoms with Crippen LogP contribution < -0.4 is 0 Å². The largest absolute Gasteiger partial charge is 0.475 e. The molecule has 0 aliphatic rings. The second-order valence-electron chi connectivity index (χ2n) is 4.90. The molecule has 21 heavy (non-hydrogen) atoms. The summed E-state index contributed by atoms with van der Waals surface area (Å²) in [5.74, 6) is 1.94. The molecule has 0 aliphatic heterocycles. The first-order valence-corrected chi connectivity index (χ1v) is 7.97. The average molecular weight is 309 g/mol. The molecule has 2 rings (SSSR count). The van der Waals surface area contributed by atoms with Crippen molar-refractivity contribution in [3.05, 3.63) is 35.0 Å². The highest BCUT2D eigenvalue weighted by Crippen LogP contribution is 2.19. The minimum Gasteiger partial charge on any atom is -0.475 e. The second kappa shape index (κ2) is 6.80. The summed E-state index contributed by atoms with van der Waals surface area (Å²) >= 11 is 1.88. The van der Waals surface area contributed by atoms with E-state index in [2.05, 4.69) is 24.2 Å². The topological polar surface area (TPSA) is 81.2 Å². The van der Waals surface area contributed by atoms with Crippen molar-refractivity contribution in [3.63, 3.8) is 0 Å². The number of aromatic nitrogens is 3. The van der Waals surface area contributed by atoms with Gasteiger partial charge in [0.1, 0.15) is 5.76 Å². The van der Waals surface area contributed by atoms with Gasteiger partial charge in [-0.15, -0.1) is 5.10 Å². The van der Waals surface area contributed by atoms with E-state index >= 15 is 0 Å². The fourth-order valence-electron chi connectivity index (χ4n) is 1.95. The van der Waals surface area contributed by atoms with Crippen molar-refractivity contribution < 1.29 is 14.3 Å². The molecule has 0 radical (unpaired) electrons. The Kier molecular flexibility index (Phi) is 5.06. The molecule has 0 aromatic carbocycles. The monoisotopic (exact) mass is 309 g/mol. The van der Waals surface area contributed by atoms with Gasteiger partial charge in [-0.05, 0) is 18.7 Å². The number of nitrogens with zero attached hydrogens (tertiary/aromatic N) is 3. The van der Waals surface area contributed by atoms with Gasteiger partial charge in [-0.1, -0.05) is 19.1 Å². The summed E-state index contributed by atoms with van der Waals surface area (Å²) in [5, 5.41) is 17.2. The number of carbonyl (C=O) groups is 1. The molecule has 1 atom stereocenters. The molecule has 1 N–H and O–H groups in total. The molecule has 0 saturated heterocycles. The maximum absolute atomic E-state index is 10.9. The molecule has 2 aromatic rings. The lowest BCUT2D eigenvalue weighted by Gasteiger charge is -2.05. The second-order valence-corrected chi connectivity index (χ2v) is 6.22. The molecule has 2 aromatic heterocycles.